The van der Waals surface area contributed by atoms with Crippen molar-refractivity contribution in [3.8, 4) is 5.75 Å². The van der Waals surface area contributed by atoms with Crippen LogP contribution in [-0.2, 0) is 13.1 Å². The molecule has 2 aromatic heterocycles. The van der Waals surface area contributed by atoms with Crippen LogP contribution in [0.5, 0.6) is 5.75 Å². The second-order valence-electron chi connectivity index (χ2n) is 6.52. The van der Waals surface area contributed by atoms with E-state index in [1.54, 1.807) is 24.3 Å². The van der Waals surface area contributed by atoms with Gasteiger partial charge in [0, 0.05) is 41.1 Å². The molecule has 0 radical (unpaired) electrons. The molecule has 0 aliphatic heterocycles. The Morgan fingerprint density at radius 1 is 1.25 bits per heavy atom. The van der Waals surface area contributed by atoms with Gasteiger partial charge in [-0.3, -0.25) is 14.0 Å². The molecule has 0 unspecified atom stereocenters. The van der Waals surface area contributed by atoms with Crippen molar-refractivity contribution in [3.63, 3.8) is 0 Å². The van der Waals surface area contributed by atoms with Gasteiger partial charge >= 0.3 is 0 Å². The molecule has 0 atom stereocenters. The van der Waals surface area contributed by atoms with Crippen molar-refractivity contribution in [1.82, 2.24) is 19.6 Å². The Balaban J connectivity index is 1.87. The number of carbonyl (C=O) groups excluding carboxylic acids is 1. The van der Waals surface area contributed by atoms with Crippen LogP contribution in [0.3, 0.4) is 0 Å². The van der Waals surface area contributed by atoms with E-state index in [0.29, 0.717) is 27.7 Å². The van der Waals surface area contributed by atoms with Crippen molar-refractivity contribution in [1.29, 1.82) is 0 Å². The van der Waals surface area contributed by atoms with Crippen molar-refractivity contribution in [3.05, 3.63) is 73.7 Å². The molecule has 0 fully saturated rings. The third-order valence-corrected chi connectivity index (χ3v) is 4.71. The first-order chi connectivity index (χ1) is 13.3. The quantitative estimate of drug-likeness (QED) is 0.662. The highest BCUT2D eigenvalue weighted by atomic mass is 35.5. The molecule has 3 rings (SSSR count). The number of aromatic hydroxyl groups is 1. The molecule has 0 aliphatic rings. The molecule has 2 N–H and O–H groups in total. The molecule has 1 amide bonds. The van der Waals surface area contributed by atoms with E-state index in [-0.39, 0.29) is 23.5 Å². The zero-order valence-corrected chi connectivity index (χ0v) is 16.8. The first kappa shape index (κ1) is 20.1. The first-order valence-corrected chi connectivity index (χ1v) is 9.12. The number of nitrogens with zero attached hydrogens (tertiary/aromatic N) is 3. The Morgan fingerprint density at radius 2 is 2.00 bits per heavy atom. The van der Waals surface area contributed by atoms with Crippen molar-refractivity contribution >= 4 is 34.8 Å². The van der Waals surface area contributed by atoms with Gasteiger partial charge in [-0.1, -0.05) is 29.3 Å². The maximum absolute atomic E-state index is 12.7. The lowest BCUT2D eigenvalue weighted by Gasteiger charge is -2.13. The van der Waals surface area contributed by atoms with Gasteiger partial charge in [-0.2, -0.15) is 0 Å². The minimum Gasteiger partial charge on any atom is -0.504 e. The summed E-state index contributed by atoms with van der Waals surface area (Å²) in [5.74, 6) is -0.678. The van der Waals surface area contributed by atoms with Crippen LogP contribution in [-0.4, -0.2) is 39.4 Å². The van der Waals surface area contributed by atoms with Gasteiger partial charge < -0.3 is 15.3 Å². The summed E-state index contributed by atoms with van der Waals surface area (Å²) in [6.45, 7) is 0.617. The fourth-order valence-corrected chi connectivity index (χ4v) is 3.20. The molecule has 28 heavy (non-hydrogen) atoms. The Bertz CT molecular complexity index is 1110. The molecule has 0 bridgehead atoms. The van der Waals surface area contributed by atoms with Gasteiger partial charge in [0.25, 0.3) is 11.5 Å². The van der Waals surface area contributed by atoms with E-state index in [1.165, 1.54) is 6.20 Å². The number of rotatable bonds is 5. The van der Waals surface area contributed by atoms with Gasteiger partial charge in [-0.15, -0.1) is 0 Å². The fraction of sp³-hybridized carbons (Fsp3) is 0.211. The lowest BCUT2D eigenvalue weighted by Crippen LogP contribution is -2.31. The summed E-state index contributed by atoms with van der Waals surface area (Å²) < 4.78 is 1.15. The molecule has 7 nitrogen and oxygen atoms in total. The van der Waals surface area contributed by atoms with Crippen LogP contribution >= 0.6 is 23.2 Å². The number of aromatic nitrogens is 2. The number of halogens is 2. The van der Waals surface area contributed by atoms with Crippen LogP contribution in [0.2, 0.25) is 10.0 Å². The molecule has 3 aromatic rings. The summed E-state index contributed by atoms with van der Waals surface area (Å²) >= 11 is 11.9. The number of hydrogen-bond acceptors (Lipinski definition) is 5. The van der Waals surface area contributed by atoms with Crippen LogP contribution in [0.4, 0.5) is 0 Å². The first-order valence-electron chi connectivity index (χ1n) is 8.37. The molecular weight excluding hydrogens is 403 g/mol. The lowest BCUT2D eigenvalue weighted by atomic mass is 10.2. The summed E-state index contributed by atoms with van der Waals surface area (Å²) in [7, 11) is 3.73. The van der Waals surface area contributed by atoms with E-state index in [1.807, 2.05) is 19.0 Å². The van der Waals surface area contributed by atoms with Crippen LogP contribution < -0.4 is 10.9 Å². The van der Waals surface area contributed by atoms with Gasteiger partial charge in [0.05, 0.1) is 0 Å². The van der Waals surface area contributed by atoms with Gasteiger partial charge in [-0.25, -0.2) is 4.98 Å². The number of nitrogens with one attached hydrogen (secondary N) is 1. The largest absolute Gasteiger partial charge is 0.504 e. The summed E-state index contributed by atoms with van der Waals surface area (Å²) in [5, 5.41) is 13.9. The Kier molecular flexibility index (Phi) is 5.88. The van der Waals surface area contributed by atoms with Crippen LogP contribution in [0, 0.1) is 0 Å². The number of benzene rings is 1. The Hall–Kier alpha value is -2.61. The van der Waals surface area contributed by atoms with E-state index in [4.69, 9.17) is 23.2 Å². The van der Waals surface area contributed by atoms with E-state index in [0.717, 1.165) is 10.6 Å². The molecule has 0 saturated heterocycles. The topological polar surface area (TPSA) is 86.9 Å². The van der Waals surface area contributed by atoms with Crippen molar-refractivity contribution < 1.29 is 9.90 Å². The Labute approximate surface area is 171 Å². The third kappa shape index (κ3) is 4.11. The summed E-state index contributed by atoms with van der Waals surface area (Å²) in [4.78, 5) is 31.1. The number of amides is 1. The summed E-state index contributed by atoms with van der Waals surface area (Å²) in [6.07, 6.45) is 2.66. The average molecular weight is 421 g/mol. The summed E-state index contributed by atoms with van der Waals surface area (Å²) in [5.41, 5.74) is 0.686. The molecule has 0 saturated carbocycles. The second kappa shape index (κ2) is 8.18. The SMILES string of the molecule is CN(C)Cc1ccn2c(=O)c(C(=O)NCc3ccc(Cl)cc3Cl)cnc2c1O. The van der Waals surface area contributed by atoms with Crippen molar-refractivity contribution in [2.24, 2.45) is 0 Å². The molecular formula is C19H18Cl2N4O3. The fourth-order valence-electron chi connectivity index (χ4n) is 2.73. The lowest BCUT2D eigenvalue weighted by molar-refractivity contribution is 0.0949. The molecule has 0 aliphatic carbocycles. The minimum absolute atomic E-state index is 0.0896. The highest BCUT2D eigenvalue weighted by molar-refractivity contribution is 6.35. The molecule has 9 heteroatoms. The van der Waals surface area contributed by atoms with Crippen LogP contribution in [0.25, 0.3) is 5.65 Å². The standard InChI is InChI=1S/C19H18Cl2N4O3/c1-24(2)10-12-5-6-25-17(16(12)26)22-9-14(19(25)28)18(27)23-8-11-3-4-13(20)7-15(11)21/h3-7,9,26H,8,10H2,1-2H3,(H,23,27). The minimum atomic E-state index is -0.588. The van der Waals surface area contributed by atoms with E-state index in [9.17, 15) is 14.7 Å². The maximum atomic E-state index is 12.7. The second-order valence-corrected chi connectivity index (χ2v) is 7.36. The number of pyridine rings is 1. The molecule has 1 aromatic carbocycles. The maximum Gasteiger partial charge on any atom is 0.270 e. The number of carbonyl (C=O) groups is 1. The van der Waals surface area contributed by atoms with Crippen LogP contribution in [0.15, 0.2) is 41.5 Å². The average Bonchev–Trinajstić information content (AvgIpc) is 2.63. The van der Waals surface area contributed by atoms with E-state index < -0.39 is 11.5 Å². The van der Waals surface area contributed by atoms with E-state index in [2.05, 4.69) is 10.3 Å². The van der Waals surface area contributed by atoms with Gasteiger partial charge in [0.2, 0.25) is 0 Å². The predicted molar refractivity (Wildman–Crippen MR) is 108 cm³/mol. The van der Waals surface area contributed by atoms with E-state index >= 15 is 0 Å². The molecule has 2 heterocycles. The van der Waals surface area contributed by atoms with Crippen LogP contribution in [0.1, 0.15) is 21.5 Å². The predicted octanol–water partition coefficient (Wildman–Crippen LogP) is 2.70. The van der Waals surface area contributed by atoms with Gasteiger partial charge in [-0.05, 0) is 37.9 Å². The third-order valence-electron chi connectivity index (χ3n) is 4.12. The molecule has 0 spiro atoms. The highest BCUT2D eigenvalue weighted by Crippen LogP contribution is 2.22. The molecule has 146 valence electrons. The van der Waals surface area contributed by atoms with Gasteiger partial charge in [0.15, 0.2) is 11.4 Å². The zero-order chi connectivity index (χ0) is 20.4. The summed E-state index contributed by atoms with van der Waals surface area (Å²) in [6, 6.07) is 6.56. The van der Waals surface area contributed by atoms with Crippen molar-refractivity contribution in [2.45, 2.75) is 13.1 Å². The Morgan fingerprint density at radius 3 is 2.68 bits per heavy atom. The van der Waals surface area contributed by atoms with Crippen molar-refractivity contribution in [2.75, 3.05) is 14.1 Å². The number of hydrogen-bond donors (Lipinski definition) is 2. The normalized spacial score (nSPS) is 11.2. The zero-order valence-electron chi connectivity index (χ0n) is 15.2. The smallest absolute Gasteiger partial charge is 0.270 e. The van der Waals surface area contributed by atoms with Gasteiger partial charge in [0.1, 0.15) is 5.56 Å². The number of fused-ring (bicyclic) bond motifs is 1. The monoisotopic (exact) mass is 420 g/mol. The highest BCUT2D eigenvalue weighted by Gasteiger charge is 2.16.